The predicted octanol–water partition coefficient (Wildman–Crippen LogP) is 5.19. The highest BCUT2D eigenvalue weighted by Gasteiger charge is 2.67. The molecule has 1 nitrogen and oxygen atoms in total. The van der Waals surface area contributed by atoms with Crippen molar-refractivity contribution in [1.82, 2.24) is 0 Å². The number of aliphatic hydroxyl groups is 1. The molecule has 0 aromatic heterocycles. The van der Waals surface area contributed by atoms with Gasteiger partial charge in [-0.3, -0.25) is 0 Å². The van der Waals surface area contributed by atoms with Gasteiger partial charge in [0.05, 0.1) is 0 Å². The van der Waals surface area contributed by atoms with Crippen molar-refractivity contribution >= 4 is 0 Å². The maximum atomic E-state index is 14.3. The average molecular weight is 324 g/mol. The molecule has 0 radical (unpaired) electrons. The van der Waals surface area contributed by atoms with Gasteiger partial charge in [0, 0.05) is 11.8 Å². The normalized spacial score (nSPS) is 54.7. The first-order valence-corrected chi connectivity index (χ1v) is 9.40. The van der Waals surface area contributed by atoms with E-state index in [-0.39, 0.29) is 17.8 Å². The number of allylic oxidation sites excluding steroid dienone is 2. The van der Waals surface area contributed by atoms with E-state index in [9.17, 15) is 13.9 Å². The van der Waals surface area contributed by atoms with Gasteiger partial charge in [0.15, 0.2) is 0 Å². The van der Waals surface area contributed by atoms with E-state index in [1.165, 1.54) is 18.4 Å². The second-order valence-electron chi connectivity index (χ2n) is 9.53. The average Bonchev–Trinajstić information content (AvgIpc) is 2.68. The van der Waals surface area contributed by atoms with Crippen molar-refractivity contribution in [3.8, 4) is 0 Å². The van der Waals surface area contributed by atoms with E-state index in [4.69, 9.17) is 0 Å². The molecule has 0 saturated heterocycles. The van der Waals surface area contributed by atoms with Crippen molar-refractivity contribution in [2.45, 2.75) is 77.7 Å². The molecule has 130 valence electrons. The van der Waals surface area contributed by atoms with Gasteiger partial charge in [-0.1, -0.05) is 25.5 Å². The standard InChI is InChI=1S/C20H30F2O/c1-12-6-8-18(2)13(10-12)4-5-14-15(18)7-9-19(3)16(14)11-20(21,22)17(19)23/h6,13-17,23H,4-5,7-11H2,1-3H3/t13-,14+,15-,16-,17+,18-,19-/m0/s1. The monoisotopic (exact) mass is 324 g/mol. The molecule has 3 fully saturated rings. The third-order valence-electron chi connectivity index (χ3n) is 8.48. The summed E-state index contributed by atoms with van der Waals surface area (Å²) in [6.07, 6.45) is 7.21. The van der Waals surface area contributed by atoms with Crippen molar-refractivity contribution in [1.29, 1.82) is 0 Å². The molecule has 0 amide bonds. The van der Waals surface area contributed by atoms with E-state index in [0.717, 1.165) is 31.6 Å². The summed E-state index contributed by atoms with van der Waals surface area (Å²) in [6, 6.07) is 0. The Labute approximate surface area is 138 Å². The van der Waals surface area contributed by atoms with Crippen molar-refractivity contribution in [3.05, 3.63) is 11.6 Å². The van der Waals surface area contributed by atoms with Crippen molar-refractivity contribution < 1.29 is 13.9 Å². The van der Waals surface area contributed by atoms with E-state index < -0.39 is 17.4 Å². The fourth-order valence-corrected chi connectivity index (χ4v) is 7.01. The zero-order chi connectivity index (χ0) is 16.6. The van der Waals surface area contributed by atoms with Crippen molar-refractivity contribution in [2.75, 3.05) is 0 Å². The zero-order valence-corrected chi connectivity index (χ0v) is 14.6. The lowest BCUT2D eigenvalue weighted by atomic mass is 9.45. The zero-order valence-electron chi connectivity index (χ0n) is 14.6. The van der Waals surface area contributed by atoms with Crippen molar-refractivity contribution in [3.63, 3.8) is 0 Å². The molecule has 4 rings (SSSR count). The topological polar surface area (TPSA) is 20.2 Å². The molecular formula is C20H30F2O. The lowest BCUT2D eigenvalue weighted by molar-refractivity contribution is -0.137. The molecule has 23 heavy (non-hydrogen) atoms. The fourth-order valence-electron chi connectivity index (χ4n) is 7.01. The van der Waals surface area contributed by atoms with Gasteiger partial charge < -0.3 is 5.11 Å². The Morgan fingerprint density at radius 2 is 1.83 bits per heavy atom. The highest BCUT2D eigenvalue weighted by atomic mass is 19.3. The molecule has 0 bridgehead atoms. The second-order valence-corrected chi connectivity index (χ2v) is 9.53. The molecule has 0 aromatic carbocycles. The molecule has 4 aliphatic carbocycles. The molecule has 0 aliphatic heterocycles. The lowest BCUT2D eigenvalue weighted by Crippen LogP contribution is -2.53. The van der Waals surface area contributed by atoms with Crippen LogP contribution in [0.5, 0.6) is 0 Å². The Balaban J connectivity index is 1.67. The van der Waals surface area contributed by atoms with Crippen LogP contribution < -0.4 is 0 Å². The maximum Gasteiger partial charge on any atom is 0.274 e. The van der Waals surface area contributed by atoms with Gasteiger partial charge in [0.2, 0.25) is 0 Å². The Kier molecular flexibility index (Phi) is 3.35. The molecule has 3 heteroatoms. The molecule has 4 aliphatic rings. The Morgan fingerprint density at radius 1 is 1.09 bits per heavy atom. The Hall–Kier alpha value is -0.440. The molecule has 0 heterocycles. The first kappa shape index (κ1) is 16.1. The first-order valence-electron chi connectivity index (χ1n) is 9.40. The first-order chi connectivity index (χ1) is 10.7. The quantitative estimate of drug-likeness (QED) is 0.608. The number of halogens is 2. The minimum atomic E-state index is -2.89. The molecule has 0 spiro atoms. The third-order valence-corrected chi connectivity index (χ3v) is 8.48. The number of rotatable bonds is 0. The van der Waals surface area contributed by atoms with Gasteiger partial charge in [-0.05, 0) is 74.5 Å². The molecule has 7 atom stereocenters. The summed E-state index contributed by atoms with van der Waals surface area (Å²) in [5.74, 6) is -1.23. The number of aliphatic hydroxyl groups excluding tert-OH is 1. The van der Waals surface area contributed by atoms with Crippen LogP contribution in [0.3, 0.4) is 0 Å². The van der Waals surface area contributed by atoms with Crippen LogP contribution in [-0.2, 0) is 0 Å². The maximum absolute atomic E-state index is 14.3. The molecule has 3 saturated carbocycles. The van der Waals surface area contributed by atoms with Crippen LogP contribution in [0, 0.1) is 34.5 Å². The minimum absolute atomic E-state index is 0.00368. The third kappa shape index (κ3) is 2.04. The lowest BCUT2D eigenvalue weighted by Gasteiger charge is -2.59. The minimum Gasteiger partial charge on any atom is -0.386 e. The summed E-state index contributed by atoms with van der Waals surface area (Å²) in [5.41, 5.74) is 1.22. The Morgan fingerprint density at radius 3 is 2.57 bits per heavy atom. The van der Waals surface area contributed by atoms with Crippen molar-refractivity contribution in [2.24, 2.45) is 34.5 Å². The van der Waals surface area contributed by atoms with Crippen LogP contribution in [-0.4, -0.2) is 17.1 Å². The van der Waals surface area contributed by atoms with Crippen LogP contribution in [0.25, 0.3) is 0 Å². The molecular weight excluding hydrogens is 294 g/mol. The predicted molar refractivity (Wildman–Crippen MR) is 87.2 cm³/mol. The SMILES string of the molecule is CC1=CC[C@@]2(C)[C@@H](CC[C@@H]3[C@@H]2CC[C@@]2(C)[C@H]3CC(F)(F)[C@@H]2O)C1. The largest absolute Gasteiger partial charge is 0.386 e. The van der Waals surface area contributed by atoms with Gasteiger partial charge >= 0.3 is 0 Å². The van der Waals surface area contributed by atoms with Crippen LogP contribution >= 0.6 is 0 Å². The molecule has 0 unspecified atom stereocenters. The van der Waals surface area contributed by atoms with Crippen LogP contribution in [0.1, 0.15) is 65.7 Å². The van der Waals surface area contributed by atoms with E-state index >= 15 is 0 Å². The molecule has 0 aromatic rings. The van der Waals surface area contributed by atoms with Crippen LogP contribution in [0.15, 0.2) is 11.6 Å². The smallest absolute Gasteiger partial charge is 0.274 e. The number of hydrogen-bond donors (Lipinski definition) is 1. The summed E-state index contributed by atoms with van der Waals surface area (Å²) in [6.45, 7) is 6.58. The number of fused-ring (bicyclic) bond motifs is 5. The number of hydrogen-bond acceptors (Lipinski definition) is 1. The fraction of sp³-hybridized carbons (Fsp3) is 0.900. The summed E-state index contributed by atoms with van der Waals surface area (Å²) < 4.78 is 28.5. The van der Waals surface area contributed by atoms with E-state index in [0.29, 0.717) is 11.8 Å². The summed E-state index contributed by atoms with van der Waals surface area (Å²) in [7, 11) is 0. The van der Waals surface area contributed by atoms with Gasteiger partial charge in [0.1, 0.15) is 6.10 Å². The van der Waals surface area contributed by atoms with E-state index in [2.05, 4.69) is 19.9 Å². The Bertz CT molecular complexity index is 542. The summed E-state index contributed by atoms with van der Waals surface area (Å²) in [4.78, 5) is 0. The summed E-state index contributed by atoms with van der Waals surface area (Å²) >= 11 is 0. The van der Waals surface area contributed by atoms with E-state index in [1.54, 1.807) is 0 Å². The summed E-state index contributed by atoms with van der Waals surface area (Å²) in [5, 5.41) is 10.3. The van der Waals surface area contributed by atoms with E-state index in [1.807, 2.05) is 6.92 Å². The molecule has 1 N–H and O–H groups in total. The van der Waals surface area contributed by atoms with Gasteiger partial charge in [-0.15, -0.1) is 0 Å². The van der Waals surface area contributed by atoms with Crippen LogP contribution in [0.2, 0.25) is 0 Å². The van der Waals surface area contributed by atoms with Crippen LogP contribution in [0.4, 0.5) is 8.78 Å². The van der Waals surface area contributed by atoms with Gasteiger partial charge in [-0.25, -0.2) is 8.78 Å². The second kappa shape index (κ2) is 4.80. The van der Waals surface area contributed by atoms with Gasteiger partial charge in [0.25, 0.3) is 5.92 Å². The number of alkyl halides is 2. The van der Waals surface area contributed by atoms with Gasteiger partial charge in [-0.2, -0.15) is 0 Å². The highest BCUT2D eigenvalue weighted by Crippen LogP contribution is 2.67. The highest BCUT2D eigenvalue weighted by molar-refractivity contribution is 5.17.